The molecule has 2 heterocycles. The van der Waals surface area contributed by atoms with Crippen molar-refractivity contribution in [2.75, 3.05) is 13.1 Å². The maximum absolute atomic E-state index is 6.10. The van der Waals surface area contributed by atoms with Crippen LogP contribution in [0.2, 0.25) is 0 Å². The number of hydrogen-bond acceptors (Lipinski definition) is 3. The zero-order valence-corrected chi connectivity index (χ0v) is 12.8. The van der Waals surface area contributed by atoms with Gasteiger partial charge in [0.1, 0.15) is 11.9 Å². The molecule has 0 N–H and O–H groups in total. The summed E-state index contributed by atoms with van der Waals surface area (Å²) in [5, 5.41) is 4.23. The molecule has 2 aromatic rings. The summed E-state index contributed by atoms with van der Waals surface area (Å²) in [6.45, 7) is 5.27. The van der Waals surface area contributed by atoms with Crippen LogP contribution < -0.4 is 4.74 Å². The molecule has 0 spiro atoms. The van der Waals surface area contributed by atoms with Crippen molar-refractivity contribution in [1.82, 2.24) is 14.7 Å². The Balaban J connectivity index is 1.48. The van der Waals surface area contributed by atoms with E-state index < -0.39 is 0 Å². The average molecular weight is 285 g/mol. The Morgan fingerprint density at radius 1 is 1.29 bits per heavy atom. The molecule has 0 saturated carbocycles. The lowest BCUT2D eigenvalue weighted by Crippen LogP contribution is -2.37. The molecule has 1 aliphatic rings. The fraction of sp³-hybridized carbons (Fsp3) is 0.471. The molecule has 0 radical (unpaired) electrons. The van der Waals surface area contributed by atoms with E-state index in [1.54, 1.807) is 0 Å². The van der Waals surface area contributed by atoms with Crippen LogP contribution in [0, 0.1) is 6.92 Å². The Morgan fingerprint density at radius 2 is 2.10 bits per heavy atom. The third-order valence-electron chi connectivity index (χ3n) is 3.99. The summed E-state index contributed by atoms with van der Waals surface area (Å²) in [6.07, 6.45) is 6.57. The van der Waals surface area contributed by atoms with Crippen LogP contribution in [0.15, 0.2) is 36.7 Å². The molecule has 1 fully saturated rings. The van der Waals surface area contributed by atoms with Crippen LogP contribution in [0.4, 0.5) is 0 Å². The van der Waals surface area contributed by atoms with E-state index in [0.717, 1.165) is 38.2 Å². The van der Waals surface area contributed by atoms with Gasteiger partial charge in [0.15, 0.2) is 0 Å². The van der Waals surface area contributed by atoms with Gasteiger partial charge in [-0.15, -0.1) is 0 Å². The Kier molecular flexibility index (Phi) is 4.25. The topological polar surface area (TPSA) is 30.3 Å². The van der Waals surface area contributed by atoms with E-state index in [1.165, 1.54) is 11.1 Å². The molecule has 4 nitrogen and oxygen atoms in total. The Hall–Kier alpha value is -1.81. The van der Waals surface area contributed by atoms with Gasteiger partial charge in [0.2, 0.25) is 0 Å². The van der Waals surface area contributed by atoms with Gasteiger partial charge in [0.25, 0.3) is 0 Å². The third-order valence-corrected chi connectivity index (χ3v) is 3.99. The van der Waals surface area contributed by atoms with Gasteiger partial charge in [-0.1, -0.05) is 12.1 Å². The molecule has 4 heteroatoms. The van der Waals surface area contributed by atoms with E-state index in [0.29, 0.717) is 6.10 Å². The van der Waals surface area contributed by atoms with Gasteiger partial charge in [-0.25, -0.2) is 0 Å². The highest BCUT2D eigenvalue weighted by Crippen LogP contribution is 2.20. The first-order chi connectivity index (χ1) is 10.2. The molecular formula is C17H23N3O. The summed E-state index contributed by atoms with van der Waals surface area (Å²) in [7, 11) is 1.96. The summed E-state index contributed by atoms with van der Waals surface area (Å²) in [5.74, 6) is 1.00. The van der Waals surface area contributed by atoms with Gasteiger partial charge in [0.05, 0.1) is 6.20 Å². The van der Waals surface area contributed by atoms with Crippen LogP contribution in [0.25, 0.3) is 0 Å². The second-order valence-corrected chi connectivity index (χ2v) is 5.93. The van der Waals surface area contributed by atoms with Gasteiger partial charge in [-0.2, -0.15) is 5.10 Å². The van der Waals surface area contributed by atoms with E-state index in [4.69, 9.17) is 4.74 Å². The minimum absolute atomic E-state index is 0.344. The number of aromatic nitrogens is 2. The van der Waals surface area contributed by atoms with Crippen molar-refractivity contribution >= 4 is 0 Å². The highest BCUT2D eigenvalue weighted by atomic mass is 16.5. The number of ether oxygens (including phenoxy) is 1. The average Bonchev–Trinajstić information content (AvgIpc) is 2.86. The minimum atomic E-state index is 0.344. The molecular weight excluding hydrogens is 262 g/mol. The molecule has 0 atom stereocenters. The number of nitrogens with zero attached hydrogens (tertiary/aromatic N) is 3. The fourth-order valence-electron chi connectivity index (χ4n) is 2.88. The molecule has 112 valence electrons. The van der Waals surface area contributed by atoms with Crippen LogP contribution in [0.1, 0.15) is 24.0 Å². The van der Waals surface area contributed by atoms with E-state index in [2.05, 4.69) is 47.4 Å². The van der Waals surface area contributed by atoms with Gasteiger partial charge >= 0.3 is 0 Å². The zero-order chi connectivity index (χ0) is 14.7. The monoisotopic (exact) mass is 285 g/mol. The van der Waals surface area contributed by atoms with Crippen LogP contribution in [-0.4, -0.2) is 33.9 Å². The van der Waals surface area contributed by atoms with E-state index in [9.17, 15) is 0 Å². The Labute approximate surface area is 126 Å². The SMILES string of the molecule is Cc1cccc(OC2CCN(Cc3cnn(C)c3)CC2)c1. The maximum atomic E-state index is 6.10. The standard InChI is InChI=1S/C17H23N3O/c1-14-4-3-5-17(10-14)21-16-6-8-20(9-7-16)13-15-11-18-19(2)12-15/h3-5,10-12,16H,6-9,13H2,1-2H3. The van der Waals surface area contributed by atoms with E-state index in [1.807, 2.05) is 17.9 Å². The van der Waals surface area contributed by atoms with Crippen molar-refractivity contribution in [2.45, 2.75) is 32.4 Å². The summed E-state index contributed by atoms with van der Waals surface area (Å²) < 4.78 is 7.96. The largest absolute Gasteiger partial charge is 0.490 e. The molecule has 0 bridgehead atoms. The predicted molar refractivity (Wildman–Crippen MR) is 83.3 cm³/mol. The summed E-state index contributed by atoms with van der Waals surface area (Å²) >= 11 is 0. The number of piperidine rings is 1. The number of aryl methyl sites for hydroxylation is 2. The third kappa shape index (κ3) is 3.85. The Morgan fingerprint density at radius 3 is 2.76 bits per heavy atom. The lowest BCUT2D eigenvalue weighted by molar-refractivity contribution is 0.0967. The minimum Gasteiger partial charge on any atom is -0.490 e. The highest BCUT2D eigenvalue weighted by molar-refractivity contribution is 5.27. The molecule has 21 heavy (non-hydrogen) atoms. The van der Waals surface area contributed by atoms with Crippen molar-refractivity contribution in [2.24, 2.45) is 7.05 Å². The second-order valence-electron chi connectivity index (χ2n) is 5.93. The van der Waals surface area contributed by atoms with Gasteiger partial charge in [-0.3, -0.25) is 9.58 Å². The van der Waals surface area contributed by atoms with Gasteiger partial charge in [0, 0.05) is 38.4 Å². The van der Waals surface area contributed by atoms with Crippen molar-refractivity contribution in [3.63, 3.8) is 0 Å². The molecule has 1 aromatic heterocycles. The molecule has 1 aliphatic heterocycles. The van der Waals surface area contributed by atoms with Crippen LogP contribution >= 0.6 is 0 Å². The van der Waals surface area contributed by atoms with Crippen LogP contribution in [0.5, 0.6) is 5.75 Å². The van der Waals surface area contributed by atoms with Gasteiger partial charge in [-0.05, 0) is 37.5 Å². The quantitative estimate of drug-likeness (QED) is 0.865. The molecule has 3 rings (SSSR count). The number of hydrogen-bond donors (Lipinski definition) is 0. The summed E-state index contributed by atoms with van der Waals surface area (Å²) in [6, 6.07) is 8.32. The zero-order valence-electron chi connectivity index (χ0n) is 12.8. The molecule has 1 saturated heterocycles. The smallest absolute Gasteiger partial charge is 0.119 e. The van der Waals surface area contributed by atoms with Crippen LogP contribution in [0.3, 0.4) is 0 Å². The van der Waals surface area contributed by atoms with E-state index >= 15 is 0 Å². The first-order valence-electron chi connectivity index (χ1n) is 7.62. The van der Waals surface area contributed by atoms with Crippen molar-refractivity contribution < 1.29 is 4.74 Å². The lowest BCUT2D eigenvalue weighted by atomic mass is 10.1. The van der Waals surface area contributed by atoms with Crippen molar-refractivity contribution in [1.29, 1.82) is 0 Å². The highest BCUT2D eigenvalue weighted by Gasteiger charge is 2.20. The molecule has 0 unspecified atom stereocenters. The summed E-state index contributed by atoms with van der Waals surface area (Å²) in [5.41, 5.74) is 2.54. The predicted octanol–water partition coefficient (Wildman–Crippen LogP) is 2.77. The number of benzene rings is 1. The number of likely N-dealkylation sites (tertiary alicyclic amines) is 1. The fourth-order valence-corrected chi connectivity index (χ4v) is 2.88. The van der Waals surface area contributed by atoms with E-state index in [-0.39, 0.29) is 0 Å². The van der Waals surface area contributed by atoms with Crippen LogP contribution in [-0.2, 0) is 13.6 Å². The molecule has 0 aliphatic carbocycles. The Bertz CT molecular complexity index is 585. The maximum Gasteiger partial charge on any atom is 0.119 e. The van der Waals surface area contributed by atoms with Crippen molar-refractivity contribution in [3.05, 3.63) is 47.8 Å². The van der Waals surface area contributed by atoms with Gasteiger partial charge < -0.3 is 4.74 Å². The number of rotatable bonds is 4. The molecule has 1 aromatic carbocycles. The first-order valence-corrected chi connectivity index (χ1v) is 7.62. The first kappa shape index (κ1) is 14.1. The lowest BCUT2D eigenvalue weighted by Gasteiger charge is -2.31. The van der Waals surface area contributed by atoms with Crippen molar-refractivity contribution in [3.8, 4) is 5.75 Å². The normalized spacial score (nSPS) is 17.0. The molecule has 0 amide bonds. The summed E-state index contributed by atoms with van der Waals surface area (Å²) in [4.78, 5) is 2.48. The second kappa shape index (κ2) is 6.31.